The Morgan fingerprint density at radius 3 is 2.87 bits per heavy atom. The van der Waals surface area contributed by atoms with E-state index in [-0.39, 0.29) is 11.3 Å². The second-order valence-electron chi connectivity index (χ2n) is 6.45. The van der Waals surface area contributed by atoms with Gasteiger partial charge in [0.1, 0.15) is 10.3 Å². The van der Waals surface area contributed by atoms with Crippen molar-refractivity contribution in [3.05, 3.63) is 53.2 Å². The number of rotatable bonds is 1. The molecule has 1 amide bonds. The second-order valence-corrected chi connectivity index (χ2v) is 7.43. The van der Waals surface area contributed by atoms with E-state index in [1.165, 1.54) is 16.9 Å². The van der Waals surface area contributed by atoms with Gasteiger partial charge in [-0.1, -0.05) is 43.4 Å². The molecule has 0 spiro atoms. The third kappa shape index (κ3) is 2.32. The van der Waals surface area contributed by atoms with Gasteiger partial charge in [0.2, 0.25) is 0 Å². The van der Waals surface area contributed by atoms with Gasteiger partial charge in [0.05, 0.1) is 0 Å². The summed E-state index contributed by atoms with van der Waals surface area (Å²) in [5.41, 5.74) is 3.09. The Labute approximate surface area is 138 Å². The number of carbonyl (C=O) groups excluding carboxylic acids is 1. The van der Waals surface area contributed by atoms with E-state index < -0.39 is 0 Å². The third-order valence-corrected chi connectivity index (χ3v) is 5.45. The Morgan fingerprint density at radius 2 is 2.04 bits per heavy atom. The Bertz CT molecular complexity index is 867. The fraction of sp³-hybridized carbons (Fsp3) is 0.278. The number of para-hydroxylation sites is 1. The van der Waals surface area contributed by atoms with Gasteiger partial charge >= 0.3 is 0 Å². The number of carbonyl (C=O) groups is 1. The van der Waals surface area contributed by atoms with Crippen LogP contribution in [0.15, 0.2) is 42.6 Å². The summed E-state index contributed by atoms with van der Waals surface area (Å²) >= 11 is 1.36. The van der Waals surface area contributed by atoms with Crippen LogP contribution in [0, 0.1) is 0 Å². The van der Waals surface area contributed by atoms with Gasteiger partial charge in [-0.25, -0.2) is 9.97 Å². The van der Waals surface area contributed by atoms with Gasteiger partial charge in [0.25, 0.3) is 5.91 Å². The number of hydrogen-bond acceptors (Lipinski definition) is 4. The lowest BCUT2D eigenvalue weighted by atomic mass is 9.77. The van der Waals surface area contributed by atoms with Crippen LogP contribution in [-0.4, -0.2) is 22.4 Å². The summed E-state index contributed by atoms with van der Waals surface area (Å²) in [7, 11) is 0. The van der Waals surface area contributed by atoms with E-state index >= 15 is 0 Å². The van der Waals surface area contributed by atoms with E-state index in [1.807, 2.05) is 35.2 Å². The first-order valence-electron chi connectivity index (χ1n) is 7.69. The van der Waals surface area contributed by atoms with Crippen LogP contribution in [0.25, 0.3) is 10.3 Å². The Balaban J connectivity index is 1.77. The highest BCUT2D eigenvalue weighted by atomic mass is 32.1. The third-order valence-electron chi connectivity index (χ3n) is 4.48. The number of aromatic nitrogens is 2. The van der Waals surface area contributed by atoms with Crippen LogP contribution < -0.4 is 4.90 Å². The zero-order chi connectivity index (χ0) is 16.0. The molecule has 116 valence electrons. The van der Waals surface area contributed by atoms with Crippen LogP contribution >= 0.6 is 11.3 Å². The van der Waals surface area contributed by atoms with Crippen molar-refractivity contribution in [1.82, 2.24) is 9.97 Å². The number of thiazole rings is 1. The van der Waals surface area contributed by atoms with Crippen molar-refractivity contribution in [2.75, 3.05) is 11.4 Å². The molecule has 1 aliphatic rings. The Kier molecular flexibility index (Phi) is 3.20. The summed E-state index contributed by atoms with van der Waals surface area (Å²) in [6.45, 7) is 5.18. The molecule has 0 atom stereocenters. The van der Waals surface area contributed by atoms with E-state index in [2.05, 4.69) is 29.9 Å². The number of benzene rings is 1. The lowest BCUT2D eigenvalue weighted by Gasteiger charge is -2.38. The highest BCUT2D eigenvalue weighted by molar-refractivity contribution is 7.20. The van der Waals surface area contributed by atoms with Crippen molar-refractivity contribution in [2.24, 2.45) is 0 Å². The van der Waals surface area contributed by atoms with E-state index in [0.717, 1.165) is 22.5 Å². The number of pyridine rings is 1. The fourth-order valence-electron chi connectivity index (χ4n) is 3.12. The van der Waals surface area contributed by atoms with Crippen molar-refractivity contribution in [3.63, 3.8) is 0 Å². The molecule has 0 radical (unpaired) electrons. The first-order valence-corrected chi connectivity index (χ1v) is 8.51. The van der Waals surface area contributed by atoms with E-state index in [0.29, 0.717) is 11.6 Å². The van der Waals surface area contributed by atoms with Gasteiger partial charge < -0.3 is 4.90 Å². The zero-order valence-electron chi connectivity index (χ0n) is 13.1. The average Bonchev–Trinajstić information content (AvgIpc) is 2.99. The molecule has 1 aliphatic heterocycles. The molecule has 5 heteroatoms. The molecule has 0 unspecified atom stereocenters. The predicted octanol–water partition coefficient (Wildman–Crippen LogP) is 4.02. The number of nitrogens with zero attached hydrogens (tertiary/aromatic N) is 3. The number of fused-ring (bicyclic) bond motifs is 2. The van der Waals surface area contributed by atoms with Crippen LogP contribution in [0.4, 0.5) is 5.69 Å². The van der Waals surface area contributed by atoms with Gasteiger partial charge in [-0.2, -0.15) is 0 Å². The van der Waals surface area contributed by atoms with Crippen molar-refractivity contribution >= 4 is 33.3 Å². The number of hydrogen-bond donors (Lipinski definition) is 0. The zero-order valence-corrected chi connectivity index (χ0v) is 13.9. The Morgan fingerprint density at radius 1 is 1.22 bits per heavy atom. The minimum atomic E-state index is -0.0315. The first kappa shape index (κ1) is 14.3. The molecule has 4 nitrogen and oxygen atoms in total. The summed E-state index contributed by atoms with van der Waals surface area (Å²) in [5.74, 6) is -0.0315. The summed E-state index contributed by atoms with van der Waals surface area (Å²) in [4.78, 5) is 24.4. The normalized spacial score (nSPS) is 16.3. The average molecular weight is 323 g/mol. The molecule has 0 fully saturated rings. The van der Waals surface area contributed by atoms with Gasteiger partial charge in [0.15, 0.2) is 5.01 Å². The molecule has 0 saturated heterocycles. The molecule has 23 heavy (non-hydrogen) atoms. The fourth-order valence-corrected chi connectivity index (χ4v) is 3.97. The molecule has 2 aromatic heterocycles. The number of amides is 1. The van der Waals surface area contributed by atoms with Gasteiger partial charge in [0, 0.05) is 18.4 Å². The molecule has 3 aromatic rings. The summed E-state index contributed by atoms with van der Waals surface area (Å²) < 4.78 is 0. The molecular formula is C18H17N3OS. The smallest absolute Gasteiger partial charge is 0.287 e. The van der Waals surface area contributed by atoms with E-state index in [4.69, 9.17) is 0 Å². The molecular weight excluding hydrogens is 306 g/mol. The van der Waals surface area contributed by atoms with Crippen LogP contribution in [0.2, 0.25) is 0 Å². The van der Waals surface area contributed by atoms with E-state index in [9.17, 15) is 4.79 Å². The lowest BCUT2D eigenvalue weighted by molar-refractivity contribution is 0.0982. The Hall–Kier alpha value is -2.27. The summed E-state index contributed by atoms with van der Waals surface area (Å²) in [6, 6.07) is 11.9. The molecule has 3 heterocycles. The molecule has 4 rings (SSSR count). The maximum atomic E-state index is 13.0. The monoisotopic (exact) mass is 323 g/mol. The molecule has 0 saturated carbocycles. The second kappa shape index (κ2) is 5.13. The van der Waals surface area contributed by atoms with Crippen LogP contribution in [0.1, 0.15) is 35.6 Å². The summed E-state index contributed by atoms with van der Waals surface area (Å²) in [5, 5.41) is 0.508. The van der Waals surface area contributed by atoms with Crippen molar-refractivity contribution in [2.45, 2.75) is 25.7 Å². The maximum Gasteiger partial charge on any atom is 0.287 e. The summed E-state index contributed by atoms with van der Waals surface area (Å²) in [6.07, 6.45) is 2.67. The van der Waals surface area contributed by atoms with E-state index in [1.54, 1.807) is 6.20 Å². The maximum absolute atomic E-state index is 13.0. The van der Waals surface area contributed by atoms with Crippen LogP contribution in [0.5, 0.6) is 0 Å². The standard InChI is InChI=1S/C18H17N3OS/c1-18(2)9-11-21(14-8-4-3-6-12(14)18)17(22)16-20-13-7-5-10-19-15(13)23-16/h3-8,10H,9,11H2,1-2H3. The predicted molar refractivity (Wildman–Crippen MR) is 93.2 cm³/mol. The molecule has 1 aromatic carbocycles. The van der Waals surface area contributed by atoms with Crippen LogP contribution in [-0.2, 0) is 5.41 Å². The van der Waals surface area contributed by atoms with Gasteiger partial charge in [-0.05, 0) is 35.6 Å². The molecule has 0 N–H and O–H groups in total. The first-order chi connectivity index (χ1) is 11.1. The minimum Gasteiger partial charge on any atom is -0.306 e. The van der Waals surface area contributed by atoms with Crippen LogP contribution in [0.3, 0.4) is 0 Å². The SMILES string of the molecule is CC1(C)CCN(C(=O)c2nc3cccnc3s2)c2ccccc21. The minimum absolute atomic E-state index is 0.0315. The van der Waals surface area contributed by atoms with Crippen molar-refractivity contribution in [3.8, 4) is 0 Å². The largest absolute Gasteiger partial charge is 0.306 e. The number of anilines is 1. The van der Waals surface area contributed by atoms with Gasteiger partial charge in [-0.15, -0.1) is 0 Å². The van der Waals surface area contributed by atoms with Crippen molar-refractivity contribution in [1.29, 1.82) is 0 Å². The topological polar surface area (TPSA) is 46.1 Å². The highest BCUT2D eigenvalue weighted by Gasteiger charge is 2.34. The lowest BCUT2D eigenvalue weighted by Crippen LogP contribution is -2.41. The highest BCUT2D eigenvalue weighted by Crippen LogP contribution is 2.40. The molecule has 0 aliphatic carbocycles. The van der Waals surface area contributed by atoms with Gasteiger partial charge in [-0.3, -0.25) is 4.79 Å². The quantitative estimate of drug-likeness (QED) is 0.679. The van der Waals surface area contributed by atoms with Crippen molar-refractivity contribution < 1.29 is 4.79 Å². The molecule has 0 bridgehead atoms.